The van der Waals surface area contributed by atoms with Crippen molar-refractivity contribution in [3.63, 3.8) is 0 Å². The molecule has 104 valence electrons. The minimum absolute atomic E-state index is 0.705. The Balaban J connectivity index is 1.62. The molecule has 3 atom stereocenters. The van der Waals surface area contributed by atoms with E-state index >= 15 is 0 Å². The zero-order valence-electron chi connectivity index (χ0n) is 11.9. The Morgan fingerprint density at radius 3 is 2.39 bits per heavy atom. The van der Waals surface area contributed by atoms with Crippen LogP contribution >= 0.6 is 0 Å². The van der Waals surface area contributed by atoms with Crippen LogP contribution in [0.2, 0.25) is 0 Å². The monoisotopic (exact) mass is 251 g/mol. The molecular formula is C15H29N3. The van der Waals surface area contributed by atoms with E-state index in [-0.39, 0.29) is 0 Å². The average molecular weight is 251 g/mol. The summed E-state index contributed by atoms with van der Waals surface area (Å²) in [5.41, 5.74) is 0. The van der Waals surface area contributed by atoms with E-state index in [0.29, 0.717) is 6.04 Å². The molecule has 3 heterocycles. The van der Waals surface area contributed by atoms with E-state index in [1.54, 1.807) is 0 Å². The second-order valence-electron chi connectivity index (χ2n) is 6.49. The van der Waals surface area contributed by atoms with Gasteiger partial charge in [0, 0.05) is 24.7 Å². The van der Waals surface area contributed by atoms with E-state index < -0.39 is 0 Å². The van der Waals surface area contributed by atoms with Gasteiger partial charge in [0.2, 0.25) is 0 Å². The van der Waals surface area contributed by atoms with Gasteiger partial charge >= 0.3 is 0 Å². The zero-order valence-corrected chi connectivity index (χ0v) is 11.9. The summed E-state index contributed by atoms with van der Waals surface area (Å²) < 4.78 is 0. The smallest absolute Gasteiger partial charge is 0.0263 e. The molecule has 18 heavy (non-hydrogen) atoms. The average Bonchev–Trinajstić information content (AvgIpc) is 2.79. The molecule has 0 aromatic heterocycles. The van der Waals surface area contributed by atoms with Crippen LogP contribution in [-0.4, -0.2) is 60.6 Å². The highest BCUT2D eigenvalue weighted by atomic mass is 15.3. The summed E-state index contributed by atoms with van der Waals surface area (Å²) >= 11 is 0. The highest BCUT2D eigenvalue weighted by Gasteiger charge is 2.38. The Morgan fingerprint density at radius 1 is 0.778 bits per heavy atom. The molecule has 3 unspecified atom stereocenters. The van der Waals surface area contributed by atoms with Crippen molar-refractivity contribution < 1.29 is 0 Å². The molecule has 0 aromatic carbocycles. The third-order valence-electron chi connectivity index (χ3n) is 5.25. The van der Waals surface area contributed by atoms with Crippen molar-refractivity contribution in [1.82, 2.24) is 15.1 Å². The number of piperidine rings is 1. The first kappa shape index (κ1) is 12.9. The summed E-state index contributed by atoms with van der Waals surface area (Å²) in [4.78, 5) is 5.60. The fourth-order valence-electron chi connectivity index (χ4n) is 4.18. The van der Waals surface area contributed by atoms with Crippen molar-refractivity contribution in [2.45, 2.75) is 63.6 Å². The van der Waals surface area contributed by atoms with Gasteiger partial charge in [-0.25, -0.2) is 0 Å². The minimum Gasteiger partial charge on any atom is -0.314 e. The molecule has 0 radical (unpaired) electrons. The first-order valence-electron chi connectivity index (χ1n) is 8.06. The molecule has 3 nitrogen and oxygen atoms in total. The Morgan fingerprint density at radius 2 is 1.50 bits per heavy atom. The number of hydrogen-bond acceptors (Lipinski definition) is 3. The van der Waals surface area contributed by atoms with Crippen molar-refractivity contribution in [1.29, 1.82) is 0 Å². The van der Waals surface area contributed by atoms with Gasteiger partial charge in [0.1, 0.15) is 0 Å². The summed E-state index contributed by atoms with van der Waals surface area (Å²) in [7, 11) is 0. The number of nitrogens with one attached hydrogen (secondary N) is 1. The van der Waals surface area contributed by atoms with Crippen molar-refractivity contribution in [2.75, 3.05) is 32.7 Å². The van der Waals surface area contributed by atoms with Crippen LogP contribution in [0.5, 0.6) is 0 Å². The van der Waals surface area contributed by atoms with Gasteiger partial charge in [0.05, 0.1) is 0 Å². The molecule has 1 N–H and O–H groups in total. The molecule has 3 rings (SSSR count). The SMILES string of the molecule is CC1CCN(C2CCN3CCCCC23)CCCN1. The molecule has 3 aliphatic rings. The maximum Gasteiger partial charge on any atom is 0.0263 e. The lowest BCUT2D eigenvalue weighted by Crippen LogP contribution is -2.49. The highest BCUT2D eigenvalue weighted by Crippen LogP contribution is 2.30. The summed E-state index contributed by atoms with van der Waals surface area (Å²) in [6, 6.07) is 2.47. The summed E-state index contributed by atoms with van der Waals surface area (Å²) in [5, 5.41) is 3.61. The maximum atomic E-state index is 3.61. The summed E-state index contributed by atoms with van der Waals surface area (Å²) in [6.45, 7) is 8.90. The van der Waals surface area contributed by atoms with Crippen LogP contribution in [-0.2, 0) is 0 Å². The third kappa shape index (κ3) is 2.73. The van der Waals surface area contributed by atoms with E-state index in [2.05, 4.69) is 22.0 Å². The summed E-state index contributed by atoms with van der Waals surface area (Å²) in [6.07, 6.45) is 8.42. The van der Waals surface area contributed by atoms with Crippen LogP contribution in [0.25, 0.3) is 0 Å². The molecule has 0 amide bonds. The van der Waals surface area contributed by atoms with Crippen LogP contribution in [0, 0.1) is 0 Å². The van der Waals surface area contributed by atoms with E-state index in [1.807, 2.05) is 0 Å². The number of rotatable bonds is 1. The topological polar surface area (TPSA) is 18.5 Å². The zero-order chi connectivity index (χ0) is 12.4. The Labute approximate surface area is 112 Å². The van der Waals surface area contributed by atoms with Crippen LogP contribution in [0.1, 0.15) is 45.4 Å². The predicted octanol–water partition coefficient (Wildman–Crippen LogP) is 1.69. The molecule has 0 aliphatic carbocycles. The molecular weight excluding hydrogens is 222 g/mol. The standard InChI is InChI=1S/C15H29N3/c1-13-6-11-18(10-4-8-16-13)15-7-12-17-9-3-2-5-14(15)17/h13-16H,2-12H2,1H3. The van der Waals surface area contributed by atoms with E-state index in [4.69, 9.17) is 0 Å². The molecule has 0 aromatic rings. The maximum absolute atomic E-state index is 3.61. The molecule has 3 saturated heterocycles. The second kappa shape index (κ2) is 5.89. The normalized spacial score (nSPS) is 40.2. The van der Waals surface area contributed by atoms with Crippen LogP contribution < -0.4 is 5.32 Å². The first-order chi connectivity index (χ1) is 8.84. The molecule has 3 fully saturated rings. The number of hydrogen-bond donors (Lipinski definition) is 1. The predicted molar refractivity (Wildman–Crippen MR) is 75.9 cm³/mol. The van der Waals surface area contributed by atoms with Crippen LogP contribution in [0.4, 0.5) is 0 Å². The number of nitrogens with zero attached hydrogens (tertiary/aromatic N) is 2. The Hall–Kier alpha value is -0.120. The quantitative estimate of drug-likeness (QED) is 0.765. The van der Waals surface area contributed by atoms with Gasteiger partial charge in [-0.1, -0.05) is 6.42 Å². The van der Waals surface area contributed by atoms with Crippen molar-refractivity contribution in [2.24, 2.45) is 0 Å². The van der Waals surface area contributed by atoms with Gasteiger partial charge in [-0.05, 0) is 65.2 Å². The summed E-state index contributed by atoms with van der Waals surface area (Å²) in [5.74, 6) is 0. The Bertz CT molecular complexity index is 268. The van der Waals surface area contributed by atoms with Crippen LogP contribution in [0.15, 0.2) is 0 Å². The van der Waals surface area contributed by atoms with Gasteiger partial charge < -0.3 is 5.32 Å². The highest BCUT2D eigenvalue weighted by molar-refractivity contribution is 4.95. The third-order valence-corrected chi connectivity index (χ3v) is 5.25. The fourth-order valence-corrected chi connectivity index (χ4v) is 4.18. The van der Waals surface area contributed by atoms with Crippen LogP contribution in [0.3, 0.4) is 0 Å². The largest absolute Gasteiger partial charge is 0.314 e. The molecule has 3 heteroatoms. The molecule has 0 saturated carbocycles. The lowest BCUT2D eigenvalue weighted by molar-refractivity contribution is 0.105. The van der Waals surface area contributed by atoms with E-state index in [1.165, 1.54) is 71.2 Å². The second-order valence-corrected chi connectivity index (χ2v) is 6.49. The Kier molecular flexibility index (Phi) is 4.22. The molecule has 0 spiro atoms. The first-order valence-corrected chi connectivity index (χ1v) is 8.06. The lowest BCUT2D eigenvalue weighted by Gasteiger charge is -2.39. The van der Waals surface area contributed by atoms with Gasteiger partial charge in [0.15, 0.2) is 0 Å². The number of fused-ring (bicyclic) bond motifs is 1. The van der Waals surface area contributed by atoms with Gasteiger partial charge in [-0.15, -0.1) is 0 Å². The van der Waals surface area contributed by atoms with E-state index in [9.17, 15) is 0 Å². The fraction of sp³-hybridized carbons (Fsp3) is 1.00. The molecule has 3 aliphatic heterocycles. The van der Waals surface area contributed by atoms with Crippen molar-refractivity contribution >= 4 is 0 Å². The van der Waals surface area contributed by atoms with Gasteiger partial charge in [0.25, 0.3) is 0 Å². The van der Waals surface area contributed by atoms with E-state index in [0.717, 1.165) is 12.1 Å². The van der Waals surface area contributed by atoms with Gasteiger partial charge in [-0.3, -0.25) is 9.80 Å². The van der Waals surface area contributed by atoms with Crippen molar-refractivity contribution in [3.05, 3.63) is 0 Å². The van der Waals surface area contributed by atoms with Gasteiger partial charge in [-0.2, -0.15) is 0 Å². The minimum atomic E-state index is 0.705. The lowest BCUT2D eigenvalue weighted by atomic mass is 9.97. The van der Waals surface area contributed by atoms with Crippen molar-refractivity contribution in [3.8, 4) is 0 Å². The molecule has 0 bridgehead atoms.